The first kappa shape index (κ1) is 13.7. The molecule has 2 rings (SSSR count). The fraction of sp³-hybridized carbons (Fsp3) is 0.133. The lowest BCUT2D eigenvalue weighted by molar-refractivity contribution is 0.103. The Labute approximate surface area is 119 Å². The minimum atomic E-state index is -0.380. The van der Waals surface area contributed by atoms with Crippen molar-refractivity contribution in [1.82, 2.24) is 0 Å². The Kier molecular flexibility index (Phi) is 4.00. The number of carbonyl (C=O) groups is 1. The topological polar surface area (TPSA) is 26.3 Å². The third kappa shape index (κ3) is 2.84. The molecule has 2 nitrogen and oxygen atoms in total. The van der Waals surface area contributed by atoms with Crippen LogP contribution in [0.5, 0.6) is 5.75 Å². The molecule has 0 atom stereocenters. The molecular weight excluding hydrogens is 311 g/mol. The van der Waals surface area contributed by atoms with E-state index in [1.54, 1.807) is 25.3 Å². The van der Waals surface area contributed by atoms with Crippen molar-refractivity contribution in [2.45, 2.75) is 6.92 Å². The summed E-state index contributed by atoms with van der Waals surface area (Å²) in [6.07, 6.45) is 0. The lowest BCUT2D eigenvalue weighted by Gasteiger charge is -2.08. The summed E-state index contributed by atoms with van der Waals surface area (Å²) in [5, 5.41) is 0. The number of ketones is 1. The zero-order valence-electron chi connectivity index (χ0n) is 10.5. The van der Waals surface area contributed by atoms with Crippen molar-refractivity contribution in [2.75, 3.05) is 7.11 Å². The van der Waals surface area contributed by atoms with Crippen LogP contribution in [0.4, 0.5) is 4.39 Å². The van der Waals surface area contributed by atoms with Gasteiger partial charge in [-0.2, -0.15) is 0 Å². The summed E-state index contributed by atoms with van der Waals surface area (Å²) >= 11 is 3.21. The number of rotatable bonds is 3. The highest BCUT2D eigenvalue weighted by Gasteiger charge is 2.14. The molecule has 0 heterocycles. The first-order chi connectivity index (χ1) is 9.02. The number of hydrogen-bond donors (Lipinski definition) is 0. The maximum Gasteiger partial charge on any atom is 0.194 e. The Balaban J connectivity index is 2.41. The maximum atomic E-state index is 13.0. The Morgan fingerprint density at radius 1 is 1.21 bits per heavy atom. The summed E-state index contributed by atoms with van der Waals surface area (Å²) in [5.74, 6) is 0.196. The van der Waals surface area contributed by atoms with Gasteiger partial charge in [0.05, 0.1) is 7.11 Å². The highest BCUT2D eigenvalue weighted by atomic mass is 79.9. The van der Waals surface area contributed by atoms with Gasteiger partial charge in [-0.25, -0.2) is 4.39 Å². The largest absolute Gasteiger partial charge is 0.496 e. The molecule has 0 bridgehead atoms. The minimum absolute atomic E-state index is 0.155. The van der Waals surface area contributed by atoms with Crippen LogP contribution in [-0.2, 0) is 0 Å². The number of methoxy groups -OCH3 is 1. The first-order valence-corrected chi connectivity index (χ1v) is 6.46. The zero-order chi connectivity index (χ0) is 14.0. The molecule has 0 aliphatic heterocycles. The molecule has 0 aliphatic carbocycles. The van der Waals surface area contributed by atoms with Crippen LogP contribution in [0, 0.1) is 12.7 Å². The summed E-state index contributed by atoms with van der Waals surface area (Å²) in [7, 11) is 1.58. The van der Waals surface area contributed by atoms with E-state index in [0.717, 1.165) is 11.3 Å². The van der Waals surface area contributed by atoms with E-state index < -0.39 is 0 Å². The van der Waals surface area contributed by atoms with E-state index in [1.165, 1.54) is 18.2 Å². The highest BCUT2D eigenvalue weighted by molar-refractivity contribution is 9.10. The fourth-order valence-electron chi connectivity index (χ4n) is 1.85. The van der Waals surface area contributed by atoms with Crippen LogP contribution in [-0.4, -0.2) is 12.9 Å². The molecule has 0 amide bonds. The fourth-order valence-corrected chi connectivity index (χ4v) is 2.38. The maximum absolute atomic E-state index is 13.0. The molecule has 0 saturated carbocycles. The van der Waals surface area contributed by atoms with Gasteiger partial charge < -0.3 is 4.74 Å². The number of ether oxygens (including phenoxy) is 1. The minimum Gasteiger partial charge on any atom is -0.496 e. The van der Waals surface area contributed by atoms with E-state index >= 15 is 0 Å². The van der Waals surface area contributed by atoms with Gasteiger partial charge in [0.1, 0.15) is 11.6 Å². The SMILES string of the molecule is COc1ccc(C(=O)c2ccc(F)cc2Br)cc1C. The summed E-state index contributed by atoms with van der Waals surface area (Å²) in [5.41, 5.74) is 1.86. The van der Waals surface area contributed by atoms with Crippen LogP contribution >= 0.6 is 15.9 Å². The van der Waals surface area contributed by atoms with Gasteiger partial charge in [-0.1, -0.05) is 0 Å². The number of hydrogen-bond acceptors (Lipinski definition) is 2. The van der Waals surface area contributed by atoms with E-state index in [4.69, 9.17) is 4.74 Å². The molecule has 0 saturated heterocycles. The average Bonchev–Trinajstić information content (AvgIpc) is 2.38. The predicted molar refractivity (Wildman–Crippen MR) is 75.3 cm³/mol. The number of benzene rings is 2. The van der Waals surface area contributed by atoms with Gasteiger partial charge in [0.15, 0.2) is 5.78 Å². The van der Waals surface area contributed by atoms with Crippen molar-refractivity contribution in [3.8, 4) is 5.75 Å². The van der Waals surface area contributed by atoms with Gasteiger partial charge in [-0.3, -0.25) is 4.79 Å². The molecule has 0 unspecified atom stereocenters. The van der Waals surface area contributed by atoms with Gasteiger partial charge in [-0.05, 0) is 64.8 Å². The average molecular weight is 323 g/mol. The molecule has 2 aromatic rings. The molecule has 0 N–H and O–H groups in total. The van der Waals surface area contributed by atoms with Crippen molar-refractivity contribution < 1.29 is 13.9 Å². The summed E-state index contributed by atoms with van der Waals surface area (Å²) < 4.78 is 18.6. The third-order valence-corrected chi connectivity index (χ3v) is 3.49. The normalized spacial score (nSPS) is 10.3. The van der Waals surface area contributed by atoms with Crippen molar-refractivity contribution in [2.24, 2.45) is 0 Å². The standard InChI is InChI=1S/C15H12BrFO2/c1-9-7-10(3-6-14(9)19-2)15(18)12-5-4-11(17)8-13(12)16/h3-8H,1-2H3. The second-order valence-corrected chi connectivity index (χ2v) is 4.99. The zero-order valence-corrected chi connectivity index (χ0v) is 12.1. The molecule has 4 heteroatoms. The second kappa shape index (κ2) is 5.53. The van der Waals surface area contributed by atoms with Crippen LogP contribution in [0.3, 0.4) is 0 Å². The van der Waals surface area contributed by atoms with Gasteiger partial charge in [0.2, 0.25) is 0 Å². The number of halogens is 2. The first-order valence-electron chi connectivity index (χ1n) is 5.67. The molecule has 0 fully saturated rings. The summed E-state index contributed by atoms with van der Waals surface area (Å²) in [6.45, 7) is 1.87. The van der Waals surface area contributed by atoms with E-state index in [9.17, 15) is 9.18 Å². The predicted octanol–water partition coefficient (Wildman–Crippen LogP) is 4.14. The molecule has 2 aromatic carbocycles. The highest BCUT2D eigenvalue weighted by Crippen LogP contribution is 2.24. The van der Waals surface area contributed by atoms with Crippen LogP contribution in [0.2, 0.25) is 0 Å². The van der Waals surface area contributed by atoms with Crippen molar-refractivity contribution in [1.29, 1.82) is 0 Å². The Morgan fingerprint density at radius 2 is 1.95 bits per heavy atom. The summed E-state index contributed by atoms with van der Waals surface area (Å²) in [6, 6.07) is 9.24. The van der Waals surface area contributed by atoms with Crippen LogP contribution in [0.25, 0.3) is 0 Å². The number of aryl methyl sites for hydroxylation is 1. The van der Waals surface area contributed by atoms with Gasteiger partial charge in [0.25, 0.3) is 0 Å². The lowest BCUT2D eigenvalue weighted by Crippen LogP contribution is -2.03. The third-order valence-electron chi connectivity index (χ3n) is 2.83. The lowest BCUT2D eigenvalue weighted by atomic mass is 10.0. The molecule has 0 radical (unpaired) electrons. The second-order valence-electron chi connectivity index (χ2n) is 4.14. The van der Waals surface area contributed by atoms with Crippen LogP contribution < -0.4 is 4.74 Å². The number of carbonyl (C=O) groups excluding carboxylic acids is 1. The van der Waals surface area contributed by atoms with Crippen molar-refractivity contribution in [3.05, 3.63) is 63.4 Å². The molecule has 98 valence electrons. The summed E-state index contributed by atoms with van der Waals surface area (Å²) in [4.78, 5) is 12.3. The molecule has 0 aliphatic rings. The quantitative estimate of drug-likeness (QED) is 0.794. The van der Waals surface area contributed by atoms with Crippen molar-refractivity contribution >= 4 is 21.7 Å². The van der Waals surface area contributed by atoms with Crippen LogP contribution in [0.1, 0.15) is 21.5 Å². The van der Waals surface area contributed by atoms with Gasteiger partial charge in [0, 0.05) is 15.6 Å². The Bertz CT molecular complexity index is 638. The Hall–Kier alpha value is -1.68. The van der Waals surface area contributed by atoms with E-state index in [0.29, 0.717) is 15.6 Å². The Morgan fingerprint density at radius 3 is 2.53 bits per heavy atom. The van der Waals surface area contributed by atoms with Gasteiger partial charge in [-0.15, -0.1) is 0 Å². The smallest absolute Gasteiger partial charge is 0.194 e. The van der Waals surface area contributed by atoms with E-state index in [-0.39, 0.29) is 11.6 Å². The van der Waals surface area contributed by atoms with Crippen LogP contribution in [0.15, 0.2) is 40.9 Å². The molecule has 0 aromatic heterocycles. The monoisotopic (exact) mass is 322 g/mol. The van der Waals surface area contributed by atoms with E-state index in [1.807, 2.05) is 6.92 Å². The van der Waals surface area contributed by atoms with Crippen molar-refractivity contribution in [3.63, 3.8) is 0 Å². The molecular formula is C15H12BrFO2. The molecule has 19 heavy (non-hydrogen) atoms. The molecule has 0 spiro atoms. The van der Waals surface area contributed by atoms with Gasteiger partial charge >= 0.3 is 0 Å². The van der Waals surface area contributed by atoms with E-state index in [2.05, 4.69) is 15.9 Å².